The van der Waals surface area contributed by atoms with E-state index in [1.54, 1.807) is 12.4 Å². The molecule has 1 aliphatic rings. The number of nitrogens with one attached hydrogen (secondary N) is 1. The molecule has 0 aliphatic carbocycles. The van der Waals surface area contributed by atoms with Gasteiger partial charge in [0, 0.05) is 23.8 Å². The molecule has 1 aromatic rings. The smallest absolute Gasteiger partial charge is 0.239 e. The summed E-state index contributed by atoms with van der Waals surface area (Å²) in [5, 5.41) is 2.85. The topological polar surface area (TPSA) is 45.2 Å². The third-order valence-corrected chi connectivity index (χ3v) is 2.75. The summed E-state index contributed by atoms with van der Waals surface area (Å²) in [4.78, 5) is 17.5. The molecule has 2 heterocycles. The van der Waals surface area contributed by atoms with Gasteiger partial charge in [-0.25, -0.2) is 0 Å². The Morgan fingerprint density at radius 2 is 2.33 bits per heavy atom. The number of halogens is 1. The normalized spacial score (nSPS) is 17.1. The summed E-state index contributed by atoms with van der Waals surface area (Å²) in [6.45, 7) is 2.06. The van der Waals surface area contributed by atoms with Gasteiger partial charge in [-0.1, -0.05) is 0 Å². The molecule has 0 atom stereocenters. The minimum atomic E-state index is 0.0764. The summed E-state index contributed by atoms with van der Waals surface area (Å²) < 4.78 is 0.935. The van der Waals surface area contributed by atoms with Gasteiger partial charge in [0.15, 0.2) is 0 Å². The second kappa shape index (κ2) is 4.61. The molecule has 5 heteroatoms. The van der Waals surface area contributed by atoms with E-state index in [0.29, 0.717) is 6.54 Å². The van der Waals surface area contributed by atoms with Crippen LogP contribution in [0, 0.1) is 0 Å². The lowest BCUT2D eigenvalue weighted by molar-refractivity contribution is -0.119. The summed E-state index contributed by atoms with van der Waals surface area (Å²) in [5.74, 6) is 0.0764. The molecule has 15 heavy (non-hydrogen) atoms. The molecule has 1 aliphatic heterocycles. The van der Waals surface area contributed by atoms with Gasteiger partial charge in [0.25, 0.3) is 0 Å². The van der Waals surface area contributed by atoms with Crippen molar-refractivity contribution in [3.05, 3.63) is 22.9 Å². The first-order valence-corrected chi connectivity index (χ1v) is 5.67. The molecule has 0 aromatic carbocycles. The van der Waals surface area contributed by atoms with Gasteiger partial charge in [-0.05, 0) is 28.4 Å². The summed E-state index contributed by atoms with van der Waals surface area (Å²) in [7, 11) is 0. The van der Waals surface area contributed by atoms with E-state index < -0.39 is 0 Å². The Bertz CT molecular complexity index is 369. The lowest BCUT2D eigenvalue weighted by atomic mass is 10.3. The summed E-state index contributed by atoms with van der Waals surface area (Å²) >= 11 is 3.37. The second-order valence-electron chi connectivity index (χ2n) is 3.49. The molecule has 0 bridgehead atoms. The SMILES string of the molecule is O=C1CN(c2cncc(Br)c2)CCCN1. The van der Waals surface area contributed by atoms with Crippen LogP contribution in [0.15, 0.2) is 22.9 Å². The molecule has 4 nitrogen and oxygen atoms in total. The van der Waals surface area contributed by atoms with Crippen LogP contribution in [0.25, 0.3) is 0 Å². The van der Waals surface area contributed by atoms with Crippen molar-refractivity contribution in [3.8, 4) is 0 Å². The lowest BCUT2D eigenvalue weighted by Crippen LogP contribution is -2.33. The highest BCUT2D eigenvalue weighted by Crippen LogP contribution is 2.18. The van der Waals surface area contributed by atoms with E-state index in [1.165, 1.54) is 0 Å². The maximum atomic E-state index is 11.4. The van der Waals surface area contributed by atoms with Crippen molar-refractivity contribution in [2.45, 2.75) is 6.42 Å². The van der Waals surface area contributed by atoms with Crippen molar-refractivity contribution in [2.24, 2.45) is 0 Å². The van der Waals surface area contributed by atoms with Crippen molar-refractivity contribution in [1.29, 1.82) is 0 Å². The van der Waals surface area contributed by atoms with Crippen LogP contribution in [-0.4, -0.2) is 30.5 Å². The quantitative estimate of drug-likeness (QED) is 0.833. The van der Waals surface area contributed by atoms with E-state index >= 15 is 0 Å². The molecule has 1 amide bonds. The van der Waals surface area contributed by atoms with Crippen LogP contribution in [0.2, 0.25) is 0 Å². The van der Waals surface area contributed by atoms with E-state index in [2.05, 4.69) is 26.2 Å². The van der Waals surface area contributed by atoms with E-state index in [1.807, 2.05) is 11.0 Å². The monoisotopic (exact) mass is 269 g/mol. The van der Waals surface area contributed by atoms with Crippen LogP contribution < -0.4 is 10.2 Å². The van der Waals surface area contributed by atoms with Gasteiger partial charge in [-0.15, -0.1) is 0 Å². The van der Waals surface area contributed by atoms with Crippen LogP contribution >= 0.6 is 15.9 Å². The molecule has 2 rings (SSSR count). The summed E-state index contributed by atoms with van der Waals surface area (Å²) in [5.41, 5.74) is 0.987. The molecule has 0 spiro atoms. The number of anilines is 1. The van der Waals surface area contributed by atoms with Gasteiger partial charge in [-0.3, -0.25) is 9.78 Å². The van der Waals surface area contributed by atoms with E-state index in [0.717, 1.165) is 29.7 Å². The standard InChI is InChI=1S/C10H12BrN3O/c11-8-4-9(6-12-5-8)14-3-1-2-13-10(15)7-14/h4-6H,1-3,7H2,(H,13,15). The minimum absolute atomic E-state index is 0.0764. The van der Waals surface area contributed by atoms with Crippen molar-refractivity contribution < 1.29 is 4.79 Å². The Hall–Kier alpha value is -1.10. The number of pyridine rings is 1. The molecule has 1 aromatic heterocycles. The van der Waals surface area contributed by atoms with Gasteiger partial charge in [-0.2, -0.15) is 0 Å². The zero-order valence-electron chi connectivity index (χ0n) is 8.24. The Labute approximate surface area is 96.8 Å². The molecule has 1 saturated heterocycles. The van der Waals surface area contributed by atoms with Gasteiger partial charge >= 0.3 is 0 Å². The fourth-order valence-electron chi connectivity index (χ4n) is 1.60. The van der Waals surface area contributed by atoms with Gasteiger partial charge in [0.1, 0.15) is 0 Å². The highest BCUT2D eigenvalue weighted by molar-refractivity contribution is 9.10. The zero-order valence-corrected chi connectivity index (χ0v) is 9.83. The third kappa shape index (κ3) is 2.68. The molecule has 0 unspecified atom stereocenters. The predicted octanol–water partition coefficient (Wildman–Crippen LogP) is 1.17. The fraction of sp³-hybridized carbons (Fsp3) is 0.400. The average Bonchev–Trinajstić information content (AvgIpc) is 2.43. The number of carbonyl (C=O) groups is 1. The maximum Gasteiger partial charge on any atom is 0.239 e. The van der Waals surface area contributed by atoms with Crippen LogP contribution in [-0.2, 0) is 4.79 Å². The summed E-state index contributed by atoms with van der Waals surface area (Å²) in [6, 6.07) is 1.98. The number of hydrogen-bond donors (Lipinski definition) is 1. The molecular formula is C10H12BrN3O. The lowest BCUT2D eigenvalue weighted by Gasteiger charge is -2.20. The molecule has 1 fully saturated rings. The van der Waals surface area contributed by atoms with Crippen LogP contribution in [0.1, 0.15) is 6.42 Å². The Kier molecular flexibility index (Phi) is 3.20. The van der Waals surface area contributed by atoms with Gasteiger partial charge in [0.2, 0.25) is 5.91 Å². The van der Waals surface area contributed by atoms with Crippen LogP contribution in [0.5, 0.6) is 0 Å². The number of amides is 1. The fourth-order valence-corrected chi connectivity index (χ4v) is 1.95. The van der Waals surface area contributed by atoms with E-state index in [4.69, 9.17) is 0 Å². The van der Waals surface area contributed by atoms with Crippen molar-refractivity contribution in [2.75, 3.05) is 24.5 Å². The van der Waals surface area contributed by atoms with Crippen molar-refractivity contribution in [1.82, 2.24) is 10.3 Å². The highest BCUT2D eigenvalue weighted by Gasteiger charge is 2.15. The maximum absolute atomic E-state index is 11.4. The number of rotatable bonds is 1. The Balaban J connectivity index is 2.18. The minimum Gasteiger partial charge on any atom is -0.361 e. The first kappa shape index (κ1) is 10.4. The first-order chi connectivity index (χ1) is 7.25. The highest BCUT2D eigenvalue weighted by atomic mass is 79.9. The number of aromatic nitrogens is 1. The number of hydrogen-bond acceptors (Lipinski definition) is 3. The number of carbonyl (C=O) groups excluding carboxylic acids is 1. The molecule has 80 valence electrons. The Morgan fingerprint density at radius 3 is 3.13 bits per heavy atom. The zero-order chi connectivity index (χ0) is 10.7. The van der Waals surface area contributed by atoms with E-state index in [9.17, 15) is 4.79 Å². The molecule has 0 saturated carbocycles. The third-order valence-electron chi connectivity index (χ3n) is 2.32. The van der Waals surface area contributed by atoms with Gasteiger partial charge in [0.05, 0.1) is 18.4 Å². The average molecular weight is 270 g/mol. The van der Waals surface area contributed by atoms with Crippen LogP contribution in [0.4, 0.5) is 5.69 Å². The van der Waals surface area contributed by atoms with Crippen molar-refractivity contribution in [3.63, 3.8) is 0 Å². The Morgan fingerprint density at radius 1 is 1.47 bits per heavy atom. The van der Waals surface area contributed by atoms with Crippen molar-refractivity contribution >= 4 is 27.5 Å². The second-order valence-corrected chi connectivity index (χ2v) is 4.40. The number of nitrogens with zero attached hydrogens (tertiary/aromatic N) is 2. The van der Waals surface area contributed by atoms with E-state index in [-0.39, 0.29) is 5.91 Å². The van der Waals surface area contributed by atoms with Crippen LogP contribution in [0.3, 0.4) is 0 Å². The summed E-state index contributed by atoms with van der Waals surface area (Å²) in [6.07, 6.45) is 4.49. The largest absolute Gasteiger partial charge is 0.361 e. The molecule has 0 radical (unpaired) electrons. The molecular weight excluding hydrogens is 258 g/mol. The molecule has 1 N–H and O–H groups in total. The van der Waals surface area contributed by atoms with Gasteiger partial charge < -0.3 is 10.2 Å². The first-order valence-electron chi connectivity index (χ1n) is 4.88. The predicted molar refractivity (Wildman–Crippen MR) is 61.8 cm³/mol.